The molecule has 1 rings (SSSR count). The Morgan fingerprint density at radius 1 is 1.00 bits per heavy atom. The van der Waals surface area contributed by atoms with Crippen LogP contribution in [0.5, 0.6) is 0 Å². The zero-order valence-electron chi connectivity index (χ0n) is 8.14. The van der Waals surface area contributed by atoms with Crippen molar-refractivity contribution in [3.63, 3.8) is 0 Å². The maximum Gasteiger partial charge on any atom is 0.180 e. The third kappa shape index (κ3) is 1.84. The van der Waals surface area contributed by atoms with Crippen molar-refractivity contribution < 1.29 is 13.2 Å². The molecule has 2 nitrogen and oxygen atoms in total. The second-order valence-corrected chi connectivity index (χ2v) is 3.95. The number of thioether (sulfide) groups is 1. The Morgan fingerprint density at radius 3 is 2.00 bits per heavy atom. The normalized spacial score (nSPS) is 9.62. The van der Waals surface area contributed by atoms with Gasteiger partial charge in [0.2, 0.25) is 0 Å². The van der Waals surface area contributed by atoms with Gasteiger partial charge in [0.15, 0.2) is 17.5 Å². The molecule has 0 N–H and O–H groups in total. The predicted molar refractivity (Wildman–Crippen MR) is 52.1 cm³/mol. The van der Waals surface area contributed by atoms with Crippen LogP contribution in [0, 0.1) is 40.1 Å². The van der Waals surface area contributed by atoms with Crippen LogP contribution in [0.2, 0.25) is 0 Å². The van der Waals surface area contributed by atoms with E-state index in [1.807, 2.05) is 0 Å². The van der Waals surface area contributed by atoms with Gasteiger partial charge in [-0.3, -0.25) is 0 Å². The fourth-order valence-electron chi connectivity index (χ4n) is 1.12. The fraction of sp³-hybridized carbons (Fsp3) is 0.200. The molecule has 0 aromatic heterocycles. The van der Waals surface area contributed by atoms with Crippen molar-refractivity contribution in [3.05, 3.63) is 28.6 Å². The first-order valence-electron chi connectivity index (χ1n) is 4.21. The van der Waals surface area contributed by atoms with Gasteiger partial charge in [-0.2, -0.15) is 10.5 Å². The molecule has 1 aromatic rings. The first-order chi connectivity index (χ1) is 7.58. The second kappa shape index (κ2) is 4.91. The Kier molecular flexibility index (Phi) is 3.81. The Labute approximate surface area is 94.3 Å². The van der Waals surface area contributed by atoms with Crippen molar-refractivity contribution in [3.8, 4) is 12.1 Å². The van der Waals surface area contributed by atoms with E-state index in [2.05, 4.69) is 0 Å². The van der Waals surface area contributed by atoms with Crippen LogP contribution in [0.4, 0.5) is 13.2 Å². The van der Waals surface area contributed by atoms with Gasteiger partial charge < -0.3 is 0 Å². The van der Waals surface area contributed by atoms with Crippen LogP contribution in [0.15, 0.2) is 4.90 Å². The van der Waals surface area contributed by atoms with Gasteiger partial charge in [-0.15, -0.1) is 11.8 Å². The molecular formula is C10H5F3N2S. The number of nitrogens with zero attached hydrogens (tertiary/aromatic N) is 2. The van der Waals surface area contributed by atoms with E-state index in [9.17, 15) is 13.2 Å². The molecule has 0 aliphatic carbocycles. The van der Waals surface area contributed by atoms with Gasteiger partial charge >= 0.3 is 0 Å². The van der Waals surface area contributed by atoms with Crippen molar-refractivity contribution >= 4 is 11.8 Å². The summed E-state index contributed by atoms with van der Waals surface area (Å²) in [7, 11) is 0. The van der Waals surface area contributed by atoms with Crippen molar-refractivity contribution in [1.29, 1.82) is 10.5 Å². The molecule has 0 unspecified atom stereocenters. The topological polar surface area (TPSA) is 47.6 Å². The first-order valence-corrected chi connectivity index (χ1v) is 5.20. The molecule has 82 valence electrons. The molecule has 0 atom stereocenters. The molecule has 0 aliphatic heterocycles. The molecule has 1 aromatic carbocycles. The van der Waals surface area contributed by atoms with Gasteiger partial charge in [-0.1, -0.05) is 6.92 Å². The Morgan fingerprint density at radius 2 is 1.56 bits per heavy atom. The molecule has 0 saturated heterocycles. The van der Waals surface area contributed by atoms with E-state index in [0.29, 0.717) is 5.75 Å². The molecule has 0 bridgehead atoms. The first kappa shape index (κ1) is 12.4. The summed E-state index contributed by atoms with van der Waals surface area (Å²) in [5.74, 6) is -3.84. The van der Waals surface area contributed by atoms with Crippen LogP contribution in [-0.2, 0) is 0 Å². The van der Waals surface area contributed by atoms with Crippen LogP contribution < -0.4 is 0 Å². The summed E-state index contributed by atoms with van der Waals surface area (Å²) in [6.07, 6.45) is 0. The SMILES string of the molecule is CCSc1c(F)c(F)c(C#N)c(F)c1C#N. The third-order valence-corrected chi connectivity index (χ3v) is 2.75. The average Bonchev–Trinajstić information content (AvgIpc) is 2.27. The lowest BCUT2D eigenvalue weighted by Crippen LogP contribution is -2.02. The van der Waals surface area contributed by atoms with Crippen LogP contribution in [0.25, 0.3) is 0 Å². The molecule has 16 heavy (non-hydrogen) atoms. The van der Waals surface area contributed by atoms with E-state index < -0.39 is 28.6 Å². The maximum atomic E-state index is 13.4. The smallest absolute Gasteiger partial charge is 0.180 e. The van der Waals surface area contributed by atoms with E-state index in [-0.39, 0.29) is 4.90 Å². The number of halogens is 3. The minimum absolute atomic E-state index is 0.358. The number of rotatable bonds is 2. The van der Waals surface area contributed by atoms with Gasteiger partial charge in [0, 0.05) is 0 Å². The Hall–Kier alpha value is -1.66. The molecule has 0 saturated carbocycles. The predicted octanol–water partition coefficient (Wildman–Crippen LogP) is 2.96. The lowest BCUT2D eigenvalue weighted by atomic mass is 10.1. The summed E-state index contributed by atoms with van der Waals surface area (Å²) in [6.45, 7) is 1.65. The summed E-state index contributed by atoms with van der Waals surface area (Å²) in [6, 6.07) is 2.64. The second-order valence-electron chi connectivity index (χ2n) is 2.68. The van der Waals surface area contributed by atoms with Crippen LogP contribution >= 0.6 is 11.8 Å². The highest BCUT2D eigenvalue weighted by atomic mass is 32.2. The fourth-order valence-corrected chi connectivity index (χ4v) is 1.90. The number of benzene rings is 1. The van der Waals surface area contributed by atoms with E-state index >= 15 is 0 Å². The van der Waals surface area contributed by atoms with E-state index in [0.717, 1.165) is 11.8 Å². The average molecular weight is 242 g/mol. The van der Waals surface area contributed by atoms with Crippen LogP contribution in [0.1, 0.15) is 18.1 Å². The van der Waals surface area contributed by atoms with Gasteiger partial charge in [0.25, 0.3) is 0 Å². The molecule has 0 fully saturated rings. The number of hydrogen-bond acceptors (Lipinski definition) is 3. The molecule has 0 aliphatic rings. The summed E-state index contributed by atoms with van der Waals surface area (Å²) in [5.41, 5.74) is -1.68. The van der Waals surface area contributed by atoms with E-state index in [1.165, 1.54) is 12.1 Å². The van der Waals surface area contributed by atoms with Crippen molar-refractivity contribution in [1.82, 2.24) is 0 Å². The zero-order valence-corrected chi connectivity index (χ0v) is 8.96. The molecule has 0 spiro atoms. The summed E-state index contributed by atoms with van der Waals surface area (Å²) < 4.78 is 40.0. The molecular weight excluding hydrogens is 237 g/mol. The van der Waals surface area contributed by atoms with Gasteiger partial charge in [0.1, 0.15) is 23.3 Å². The third-order valence-electron chi connectivity index (χ3n) is 1.79. The largest absolute Gasteiger partial charge is 0.204 e. The standard InChI is InChI=1S/C10H5F3N2S/c1-2-16-10-6(4-15)7(11)5(3-14)8(12)9(10)13/h2H2,1H3. The maximum absolute atomic E-state index is 13.4. The Balaban J connectivity index is 3.66. The highest BCUT2D eigenvalue weighted by Crippen LogP contribution is 2.31. The zero-order chi connectivity index (χ0) is 12.3. The summed E-state index contributed by atoms with van der Waals surface area (Å²) in [5, 5.41) is 17.1. The van der Waals surface area contributed by atoms with Gasteiger partial charge in [-0.05, 0) is 5.75 Å². The molecule has 0 radical (unpaired) electrons. The number of nitriles is 2. The van der Waals surface area contributed by atoms with Gasteiger partial charge in [0.05, 0.1) is 4.90 Å². The van der Waals surface area contributed by atoms with Crippen molar-refractivity contribution in [2.24, 2.45) is 0 Å². The van der Waals surface area contributed by atoms with E-state index in [1.54, 1.807) is 6.92 Å². The molecule has 6 heteroatoms. The van der Waals surface area contributed by atoms with Gasteiger partial charge in [-0.25, -0.2) is 13.2 Å². The monoisotopic (exact) mass is 242 g/mol. The van der Waals surface area contributed by atoms with Crippen LogP contribution in [0.3, 0.4) is 0 Å². The minimum atomic E-state index is -1.55. The summed E-state index contributed by atoms with van der Waals surface area (Å²) >= 11 is 0.814. The highest BCUT2D eigenvalue weighted by molar-refractivity contribution is 7.99. The molecule has 0 heterocycles. The lowest BCUT2D eigenvalue weighted by Gasteiger charge is -2.07. The van der Waals surface area contributed by atoms with Crippen molar-refractivity contribution in [2.45, 2.75) is 11.8 Å². The van der Waals surface area contributed by atoms with Crippen LogP contribution in [-0.4, -0.2) is 5.75 Å². The quantitative estimate of drug-likeness (QED) is 0.591. The van der Waals surface area contributed by atoms with E-state index in [4.69, 9.17) is 10.5 Å². The molecule has 0 amide bonds. The van der Waals surface area contributed by atoms with Crippen molar-refractivity contribution in [2.75, 3.05) is 5.75 Å². The summed E-state index contributed by atoms with van der Waals surface area (Å²) in [4.78, 5) is -0.390. The number of hydrogen-bond donors (Lipinski definition) is 0. The Bertz CT molecular complexity index is 515. The minimum Gasteiger partial charge on any atom is -0.204 e. The lowest BCUT2D eigenvalue weighted by molar-refractivity contribution is 0.472. The highest BCUT2D eigenvalue weighted by Gasteiger charge is 2.24.